The van der Waals surface area contributed by atoms with Gasteiger partial charge in [-0.3, -0.25) is 14.9 Å². The zero-order valence-electron chi connectivity index (χ0n) is 11.7. The van der Waals surface area contributed by atoms with Gasteiger partial charge in [-0.1, -0.05) is 30.3 Å². The minimum absolute atomic E-state index is 0.0525. The molecule has 114 valence electrons. The molecule has 1 heterocycles. The molecule has 0 saturated heterocycles. The zero-order valence-corrected chi connectivity index (χ0v) is 13.3. The van der Waals surface area contributed by atoms with Crippen LogP contribution in [0.2, 0.25) is 0 Å². The third-order valence-electron chi connectivity index (χ3n) is 3.26. The van der Waals surface area contributed by atoms with Gasteiger partial charge in [0, 0.05) is 11.5 Å². The van der Waals surface area contributed by atoms with E-state index in [1.165, 1.54) is 18.2 Å². The van der Waals surface area contributed by atoms with Gasteiger partial charge < -0.3 is 4.42 Å². The molecular weight excluding hydrogens is 362 g/mol. The standard InChI is InChI=1S/C17H10BrNO4/c18-13-7-5-11(9-14(13)19(21)22)6-8-15(20)17-10-12-3-1-2-4-16(12)23-17/h1-10H/b8-6+. The number of rotatable bonds is 4. The van der Waals surface area contributed by atoms with Gasteiger partial charge in [0.15, 0.2) is 5.76 Å². The largest absolute Gasteiger partial charge is 0.453 e. The number of furan rings is 1. The molecule has 0 aliphatic rings. The third-order valence-corrected chi connectivity index (χ3v) is 3.93. The number of allylic oxidation sites excluding steroid dienone is 1. The number of fused-ring (bicyclic) bond motifs is 1. The molecule has 0 radical (unpaired) electrons. The van der Waals surface area contributed by atoms with Gasteiger partial charge in [-0.15, -0.1) is 0 Å². The second-order valence-corrected chi connectivity index (χ2v) is 5.67. The number of ketones is 1. The molecule has 5 nitrogen and oxygen atoms in total. The van der Waals surface area contributed by atoms with E-state index in [1.54, 1.807) is 24.3 Å². The van der Waals surface area contributed by atoms with Crippen molar-refractivity contribution >= 4 is 44.4 Å². The third kappa shape index (κ3) is 3.22. The average molecular weight is 372 g/mol. The number of benzene rings is 2. The molecule has 0 N–H and O–H groups in total. The Morgan fingerprint density at radius 2 is 1.96 bits per heavy atom. The summed E-state index contributed by atoms with van der Waals surface area (Å²) in [5, 5.41) is 11.8. The van der Waals surface area contributed by atoms with Gasteiger partial charge in [0.2, 0.25) is 5.78 Å². The Bertz CT molecular complexity index is 910. The summed E-state index contributed by atoms with van der Waals surface area (Å²) in [6.07, 6.45) is 2.86. The molecule has 3 rings (SSSR count). The molecule has 2 aromatic carbocycles. The van der Waals surface area contributed by atoms with Crippen molar-refractivity contribution in [2.24, 2.45) is 0 Å². The van der Waals surface area contributed by atoms with Gasteiger partial charge in [-0.05, 0) is 45.8 Å². The molecule has 0 spiro atoms. The van der Waals surface area contributed by atoms with Crippen molar-refractivity contribution in [2.45, 2.75) is 0 Å². The van der Waals surface area contributed by atoms with Crippen LogP contribution in [0.15, 0.2) is 63.5 Å². The highest BCUT2D eigenvalue weighted by Crippen LogP contribution is 2.26. The normalized spacial score (nSPS) is 11.2. The fourth-order valence-corrected chi connectivity index (χ4v) is 2.52. The summed E-state index contributed by atoms with van der Waals surface area (Å²) in [4.78, 5) is 22.6. The maximum Gasteiger partial charge on any atom is 0.284 e. The lowest BCUT2D eigenvalue weighted by atomic mass is 10.1. The maximum atomic E-state index is 12.1. The van der Waals surface area contributed by atoms with Crippen LogP contribution in [-0.4, -0.2) is 10.7 Å². The Hall–Kier alpha value is -2.73. The predicted molar refractivity (Wildman–Crippen MR) is 90.4 cm³/mol. The number of carbonyl (C=O) groups is 1. The SMILES string of the molecule is O=C(/C=C/c1ccc(Br)c([N+](=O)[O-])c1)c1cc2ccccc2o1. The van der Waals surface area contributed by atoms with E-state index in [-0.39, 0.29) is 17.2 Å². The first kappa shape index (κ1) is 15.2. The molecule has 3 aromatic rings. The van der Waals surface area contributed by atoms with Crippen molar-refractivity contribution in [3.05, 3.63) is 80.5 Å². The first-order chi connectivity index (χ1) is 11.0. The van der Waals surface area contributed by atoms with Gasteiger partial charge in [0.25, 0.3) is 5.69 Å². The molecule has 0 atom stereocenters. The number of nitro benzene ring substituents is 1. The van der Waals surface area contributed by atoms with E-state index >= 15 is 0 Å². The number of carbonyl (C=O) groups excluding carboxylic acids is 1. The van der Waals surface area contributed by atoms with Gasteiger partial charge in [0.1, 0.15) is 5.58 Å². The summed E-state index contributed by atoms with van der Waals surface area (Å²) in [6.45, 7) is 0. The lowest BCUT2D eigenvalue weighted by Crippen LogP contribution is -1.92. The van der Waals surface area contributed by atoms with E-state index in [9.17, 15) is 14.9 Å². The van der Waals surface area contributed by atoms with Crippen LogP contribution in [0.25, 0.3) is 17.0 Å². The number of hydrogen-bond donors (Lipinski definition) is 0. The summed E-state index contributed by atoms with van der Waals surface area (Å²) < 4.78 is 5.87. The Labute approximate surface area is 139 Å². The molecule has 6 heteroatoms. The minimum atomic E-state index is -0.484. The zero-order chi connectivity index (χ0) is 16.4. The van der Waals surface area contributed by atoms with Crippen LogP contribution in [0.1, 0.15) is 16.1 Å². The van der Waals surface area contributed by atoms with E-state index in [2.05, 4.69) is 15.9 Å². The first-order valence-electron chi connectivity index (χ1n) is 6.69. The highest BCUT2D eigenvalue weighted by molar-refractivity contribution is 9.10. The molecule has 0 saturated carbocycles. The van der Waals surface area contributed by atoms with Gasteiger partial charge >= 0.3 is 0 Å². The molecule has 0 fully saturated rings. The lowest BCUT2D eigenvalue weighted by Gasteiger charge is -1.97. The Morgan fingerprint density at radius 3 is 2.70 bits per heavy atom. The van der Waals surface area contributed by atoms with Crippen LogP contribution in [0.5, 0.6) is 0 Å². The number of halogens is 1. The van der Waals surface area contributed by atoms with Crippen molar-refractivity contribution in [3.63, 3.8) is 0 Å². The summed E-state index contributed by atoms with van der Waals surface area (Å²) in [5.41, 5.74) is 1.15. The Morgan fingerprint density at radius 1 is 1.17 bits per heavy atom. The average Bonchev–Trinajstić information content (AvgIpc) is 2.97. The molecule has 0 aliphatic heterocycles. The van der Waals surface area contributed by atoms with E-state index in [0.29, 0.717) is 15.6 Å². The van der Waals surface area contributed by atoms with Gasteiger partial charge in [-0.25, -0.2) is 0 Å². The lowest BCUT2D eigenvalue weighted by molar-refractivity contribution is -0.385. The smallest absolute Gasteiger partial charge is 0.284 e. The molecule has 0 bridgehead atoms. The van der Waals surface area contributed by atoms with Gasteiger partial charge in [-0.2, -0.15) is 0 Å². The van der Waals surface area contributed by atoms with E-state index in [0.717, 1.165) is 5.39 Å². The monoisotopic (exact) mass is 371 g/mol. The second kappa shape index (κ2) is 6.18. The highest BCUT2D eigenvalue weighted by atomic mass is 79.9. The molecule has 0 amide bonds. The second-order valence-electron chi connectivity index (χ2n) is 4.81. The van der Waals surface area contributed by atoms with Crippen molar-refractivity contribution < 1.29 is 14.1 Å². The summed E-state index contributed by atoms with van der Waals surface area (Å²) in [6, 6.07) is 13.7. The number of nitrogens with zero attached hydrogens (tertiary/aromatic N) is 1. The van der Waals surface area contributed by atoms with Crippen LogP contribution < -0.4 is 0 Å². The van der Waals surface area contributed by atoms with Crippen molar-refractivity contribution in [3.8, 4) is 0 Å². The Kier molecular flexibility index (Phi) is 4.08. The predicted octanol–water partition coefficient (Wildman–Crippen LogP) is 5.00. The molecule has 23 heavy (non-hydrogen) atoms. The van der Waals surface area contributed by atoms with Crippen molar-refractivity contribution in [2.75, 3.05) is 0 Å². The molecule has 0 aliphatic carbocycles. The molecular formula is C17H10BrNO4. The quantitative estimate of drug-likeness (QED) is 0.280. The first-order valence-corrected chi connectivity index (χ1v) is 7.49. The summed E-state index contributed by atoms with van der Waals surface area (Å²) in [7, 11) is 0. The maximum absolute atomic E-state index is 12.1. The molecule has 0 unspecified atom stereocenters. The number of para-hydroxylation sites is 1. The van der Waals surface area contributed by atoms with Crippen LogP contribution in [-0.2, 0) is 0 Å². The van der Waals surface area contributed by atoms with Crippen LogP contribution in [0.3, 0.4) is 0 Å². The topological polar surface area (TPSA) is 73.3 Å². The van der Waals surface area contributed by atoms with E-state index in [4.69, 9.17) is 4.42 Å². The van der Waals surface area contributed by atoms with E-state index < -0.39 is 4.92 Å². The van der Waals surface area contributed by atoms with Crippen LogP contribution in [0, 0.1) is 10.1 Å². The van der Waals surface area contributed by atoms with Crippen molar-refractivity contribution in [1.29, 1.82) is 0 Å². The number of nitro groups is 1. The summed E-state index contributed by atoms with van der Waals surface area (Å²) >= 11 is 3.12. The Balaban J connectivity index is 1.86. The fourth-order valence-electron chi connectivity index (χ4n) is 2.13. The summed E-state index contributed by atoms with van der Waals surface area (Å²) in [5.74, 6) is -0.0687. The molecule has 1 aromatic heterocycles. The highest BCUT2D eigenvalue weighted by Gasteiger charge is 2.12. The minimum Gasteiger partial charge on any atom is -0.453 e. The van der Waals surface area contributed by atoms with Crippen LogP contribution >= 0.6 is 15.9 Å². The number of hydrogen-bond acceptors (Lipinski definition) is 4. The van der Waals surface area contributed by atoms with Gasteiger partial charge in [0.05, 0.1) is 9.40 Å². The van der Waals surface area contributed by atoms with Crippen molar-refractivity contribution in [1.82, 2.24) is 0 Å². The van der Waals surface area contributed by atoms with E-state index in [1.807, 2.05) is 18.2 Å². The van der Waals surface area contributed by atoms with Crippen LogP contribution in [0.4, 0.5) is 5.69 Å². The fraction of sp³-hybridized carbons (Fsp3) is 0.